The summed E-state index contributed by atoms with van der Waals surface area (Å²) in [5.41, 5.74) is 14.5. The summed E-state index contributed by atoms with van der Waals surface area (Å²) in [6.45, 7) is 0. The summed E-state index contributed by atoms with van der Waals surface area (Å²) in [5.74, 6) is 1.79. The van der Waals surface area contributed by atoms with E-state index in [1.54, 1.807) is 0 Å². The van der Waals surface area contributed by atoms with E-state index in [1.165, 1.54) is 92.1 Å². The zero-order valence-corrected chi connectivity index (χ0v) is 30.6. The average molecular weight is 717 g/mol. The van der Waals surface area contributed by atoms with Crippen LogP contribution in [0.25, 0.3) is 75.5 Å². The lowest BCUT2D eigenvalue weighted by atomic mass is 9.67. The highest BCUT2D eigenvalue weighted by atomic mass is 32.1. The van der Waals surface area contributed by atoms with Crippen LogP contribution in [0.3, 0.4) is 0 Å². The van der Waals surface area contributed by atoms with Crippen molar-refractivity contribution in [1.29, 1.82) is 0 Å². The number of rotatable bonds is 4. The van der Waals surface area contributed by atoms with Crippen LogP contribution in [0, 0.1) is 0 Å². The molecular formula is C53H32OS. The molecular weight excluding hydrogens is 685 g/mol. The highest BCUT2D eigenvalue weighted by Gasteiger charge is 2.46. The molecule has 12 rings (SSSR count). The van der Waals surface area contributed by atoms with Gasteiger partial charge >= 0.3 is 0 Å². The maximum Gasteiger partial charge on any atom is 0.135 e. The van der Waals surface area contributed by atoms with Crippen molar-refractivity contribution in [2.24, 2.45) is 0 Å². The molecule has 2 aliphatic rings. The van der Waals surface area contributed by atoms with Crippen LogP contribution in [0.2, 0.25) is 0 Å². The number of fused-ring (bicyclic) bond motifs is 8. The van der Waals surface area contributed by atoms with Crippen molar-refractivity contribution in [3.63, 3.8) is 0 Å². The first-order valence-electron chi connectivity index (χ1n) is 18.9. The first kappa shape index (κ1) is 30.7. The molecule has 256 valence electrons. The van der Waals surface area contributed by atoms with Gasteiger partial charge in [-0.3, -0.25) is 0 Å². The van der Waals surface area contributed by atoms with Gasteiger partial charge in [0.15, 0.2) is 0 Å². The van der Waals surface area contributed by atoms with Gasteiger partial charge in [-0.05, 0) is 91.4 Å². The van der Waals surface area contributed by atoms with Gasteiger partial charge in [0.2, 0.25) is 0 Å². The molecule has 0 bridgehead atoms. The standard InChI is InChI=1S/C53H32OS/c1-3-14-34(15-4-1)53(35-16-5-2-6-17-35)45-25-9-7-19-43(45)50-36(20-13-26-46(50)53)33-28-30-47-44(32-33)40-22-11-21-39-37(29-31-48(54-47)51(39)40)41-23-12-24-42-38-18-8-10-27-49(38)55-52(41)42/h1-32H. The molecule has 9 aromatic carbocycles. The number of hydrogen-bond donors (Lipinski definition) is 0. The van der Waals surface area contributed by atoms with Gasteiger partial charge in [-0.25, -0.2) is 0 Å². The third kappa shape index (κ3) is 4.23. The average Bonchev–Trinajstić information content (AvgIpc) is 3.79. The maximum atomic E-state index is 6.77. The SMILES string of the molecule is c1ccc(C2(c3ccccc3)c3ccccc3-c3c(-c4ccc5c(c4)-c4cccc6c(-c7cccc8c7sc7ccccc78)ccc(c46)O5)cccc32)cc1. The van der Waals surface area contributed by atoms with Crippen LogP contribution < -0.4 is 4.74 Å². The van der Waals surface area contributed by atoms with Gasteiger partial charge in [-0.15, -0.1) is 11.3 Å². The number of benzene rings is 9. The summed E-state index contributed by atoms with van der Waals surface area (Å²) in [4.78, 5) is 0. The lowest BCUT2D eigenvalue weighted by Crippen LogP contribution is -2.28. The molecule has 0 atom stereocenters. The molecule has 0 spiro atoms. The Morgan fingerprint density at radius 2 is 1.00 bits per heavy atom. The summed E-state index contributed by atoms with van der Waals surface area (Å²) in [6.07, 6.45) is 0. The first-order valence-corrected chi connectivity index (χ1v) is 19.7. The number of thiophene rings is 1. The zero-order valence-electron chi connectivity index (χ0n) is 29.8. The third-order valence-corrected chi connectivity index (χ3v) is 13.2. The molecule has 0 amide bonds. The summed E-state index contributed by atoms with van der Waals surface area (Å²) in [5, 5.41) is 5.00. The maximum absolute atomic E-state index is 6.77. The summed E-state index contributed by atoms with van der Waals surface area (Å²) in [6, 6.07) is 71.3. The Hall–Kier alpha value is -6.74. The topological polar surface area (TPSA) is 9.23 Å². The molecule has 10 aromatic rings. The Labute approximate surface area is 323 Å². The Kier molecular flexibility index (Phi) is 6.49. The van der Waals surface area contributed by atoms with Crippen molar-refractivity contribution >= 4 is 42.3 Å². The smallest absolute Gasteiger partial charge is 0.135 e. The molecule has 2 heterocycles. The second-order valence-electron chi connectivity index (χ2n) is 14.7. The van der Waals surface area contributed by atoms with Crippen LogP contribution in [0.15, 0.2) is 194 Å². The second-order valence-corrected chi connectivity index (χ2v) is 15.7. The van der Waals surface area contributed by atoms with Crippen molar-refractivity contribution in [1.82, 2.24) is 0 Å². The fourth-order valence-corrected chi connectivity index (χ4v) is 11.0. The molecule has 1 aliphatic heterocycles. The number of hydrogen-bond acceptors (Lipinski definition) is 2. The van der Waals surface area contributed by atoms with Crippen LogP contribution in [-0.4, -0.2) is 0 Å². The fourth-order valence-electron chi connectivity index (χ4n) is 9.73. The van der Waals surface area contributed by atoms with Crippen LogP contribution in [0.4, 0.5) is 0 Å². The number of ether oxygens (including phenoxy) is 1. The zero-order chi connectivity index (χ0) is 36.1. The molecule has 0 unspecified atom stereocenters. The quantitative estimate of drug-likeness (QED) is 0.176. The minimum Gasteiger partial charge on any atom is -0.456 e. The van der Waals surface area contributed by atoms with Gasteiger partial charge in [-0.1, -0.05) is 164 Å². The van der Waals surface area contributed by atoms with E-state index in [0.717, 1.165) is 17.1 Å². The van der Waals surface area contributed by atoms with Gasteiger partial charge in [0, 0.05) is 36.7 Å². The molecule has 2 heteroatoms. The highest BCUT2D eigenvalue weighted by molar-refractivity contribution is 7.26. The molecule has 1 nitrogen and oxygen atoms in total. The van der Waals surface area contributed by atoms with E-state index < -0.39 is 5.41 Å². The molecule has 1 aliphatic carbocycles. The van der Waals surface area contributed by atoms with E-state index in [-0.39, 0.29) is 0 Å². The molecule has 1 aromatic heterocycles. The van der Waals surface area contributed by atoms with Crippen molar-refractivity contribution in [2.75, 3.05) is 0 Å². The van der Waals surface area contributed by atoms with Crippen molar-refractivity contribution in [2.45, 2.75) is 5.41 Å². The van der Waals surface area contributed by atoms with E-state index in [4.69, 9.17) is 4.74 Å². The minimum absolute atomic E-state index is 0.444. The van der Waals surface area contributed by atoms with E-state index in [9.17, 15) is 0 Å². The Morgan fingerprint density at radius 1 is 0.382 bits per heavy atom. The van der Waals surface area contributed by atoms with Crippen molar-refractivity contribution in [3.8, 4) is 56.0 Å². The molecule has 0 saturated carbocycles. The van der Waals surface area contributed by atoms with Gasteiger partial charge in [0.25, 0.3) is 0 Å². The molecule has 0 saturated heterocycles. The van der Waals surface area contributed by atoms with Gasteiger partial charge < -0.3 is 4.74 Å². The summed E-state index contributed by atoms with van der Waals surface area (Å²) in [7, 11) is 0. The van der Waals surface area contributed by atoms with E-state index in [1.807, 2.05) is 11.3 Å². The molecule has 0 radical (unpaired) electrons. The van der Waals surface area contributed by atoms with Crippen molar-refractivity contribution < 1.29 is 4.74 Å². The fraction of sp³-hybridized carbons (Fsp3) is 0.0189. The summed E-state index contributed by atoms with van der Waals surface area (Å²) < 4.78 is 9.41. The first-order chi connectivity index (χ1) is 27.3. The Balaban J connectivity index is 1.07. The lowest BCUT2D eigenvalue weighted by molar-refractivity contribution is 0.487. The van der Waals surface area contributed by atoms with Gasteiger partial charge in [-0.2, -0.15) is 0 Å². The van der Waals surface area contributed by atoms with Crippen LogP contribution in [0.5, 0.6) is 11.5 Å². The normalized spacial score (nSPS) is 13.4. The highest BCUT2D eigenvalue weighted by Crippen LogP contribution is 2.59. The van der Waals surface area contributed by atoms with E-state index in [0.29, 0.717) is 0 Å². The second kappa shape index (κ2) is 11.6. The third-order valence-electron chi connectivity index (χ3n) is 12.0. The van der Waals surface area contributed by atoms with Gasteiger partial charge in [0.1, 0.15) is 11.5 Å². The van der Waals surface area contributed by atoms with E-state index >= 15 is 0 Å². The Bertz CT molecular complexity index is 3130. The Morgan fingerprint density at radius 3 is 1.84 bits per heavy atom. The van der Waals surface area contributed by atoms with Crippen molar-refractivity contribution in [3.05, 3.63) is 216 Å². The largest absolute Gasteiger partial charge is 0.456 e. The predicted molar refractivity (Wildman–Crippen MR) is 231 cm³/mol. The lowest BCUT2D eigenvalue weighted by Gasteiger charge is -2.34. The molecule has 0 N–H and O–H groups in total. The molecule has 0 fully saturated rings. The summed E-state index contributed by atoms with van der Waals surface area (Å²) >= 11 is 1.88. The van der Waals surface area contributed by atoms with Crippen LogP contribution in [-0.2, 0) is 5.41 Å². The van der Waals surface area contributed by atoms with Gasteiger partial charge in [0.05, 0.1) is 5.41 Å². The predicted octanol–water partition coefficient (Wildman–Crippen LogP) is 14.7. The van der Waals surface area contributed by atoms with E-state index in [2.05, 4.69) is 194 Å². The monoisotopic (exact) mass is 716 g/mol. The van der Waals surface area contributed by atoms with Crippen LogP contribution >= 0.6 is 11.3 Å². The molecule has 55 heavy (non-hydrogen) atoms. The minimum atomic E-state index is -0.444. The van der Waals surface area contributed by atoms with Crippen LogP contribution in [0.1, 0.15) is 22.3 Å².